The maximum atomic E-state index is 13.6. The zero-order chi connectivity index (χ0) is 29.9. The molecule has 5 rings (SSSR count). The number of hydrogen-bond donors (Lipinski definition) is 2. The summed E-state index contributed by atoms with van der Waals surface area (Å²) in [6.07, 6.45) is -0.895. The fourth-order valence-corrected chi connectivity index (χ4v) is 5.27. The number of aromatic nitrogens is 2. The standard InChI is InChI=1S/C27H28Cl2F3N7O3/c28-18-5-4-17(20(29)14-18)15-34-25(41)38-12-10-37(11-13-38)21-7-6-19(16-33-21)35-24(40)22-23(27(30,31)32)36-26(42-22)39-8-2-1-3-9-39/h4-7,14,16H,1-3,8-13,15H2,(H,34,41)(H,35,40). The number of hydrogen-bond acceptors (Lipinski definition) is 7. The van der Waals surface area contributed by atoms with Crippen molar-refractivity contribution in [2.75, 3.05) is 54.4 Å². The summed E-state index contributed by atoms with van der Waals surface area (Å²) >= 11 is 12.1. The highest BCUT2D eigenvalue weighted by molar-refractivity contribution is 6.35. The molecule has 0 spiro atoms. The molecule has 2 aliphatic heterocycles. The van der Waals surface area contributed by atoms with E-state index in [1.165, 1.54) is 6.20 Å². The molecule has 0 radical (unpaired) electrons. The van der Waals surface area contributed by atoms with Gasteiger partial charge in [0.1, 0.15) is 5.82 Å². The van der Waals surface area contributed by atoms with Gasteiger partial charge in [0.05, 0.1) is 11.9 Å². The van der Waals surface area contributed by atoms with Crippen molar-refractivity contribution in [2.24, 2.45) is 0 Å². The number of carbonyl (C=O) groups excluding carboxylic acids is 2. The molecule has 2 aromatic heterocycles. The number of rotatable bonds is 6. The summed E-state index contributed by atoms with van der Waals surface area (Å²) in [5, 5.41) is 6.27. The second-order valence-corrected chi connectivity index (χ2v) is 10.8. The monoisotopic (exact) mass is 625 g/mol. The Morgan fingerprint density at radius 1 is 0.952 bits per heavy atom. The summed E-state index contributed by atoms with van der Waals surface area (Å²) in [6.45, 7) is 3.22. The number of nitrogens with one attached hydrogen (secondary N) is 2. The van der Waals surface area contributed by atoms with Gasteiger partial charge in [0.25, 0.3) is 11.9 Å². The lowest BCUT2D eigenvalue weighted by Gasteiger charge is -2.35. The van der Waals surface area contributed by atoms with Crippen LogP contribution in [0.2, 0.25) is 10.0 Å². The average Bonchev–Trinajstić information content (AvgIpc) is 3.45. The number of piperidine rings is 1. The zero-order valence-corrected chi connectivity index (χ0v) is 23.9. The molecular formula is C27H28Cl2F3N7O3. The van der Waals surface area contributed by atoms with Crippen LogP contribution in [0.15, 0.2) is 40.9 Å². The van der Waals surface area contributed by atoms with E-state index in [-0.39, 0.29) is 24.3 Å². The minimum atomic E-state index is -4.85. The van der Waals surface area contributed by atoms with Crippen molar-refractivity contribution in [2.45, 2.75) is 32.0 Å². The SMILES string of the molecule is O=C(Nc1ccc(N2CCN(C(=O)NCc3ccc(Cl)cc3Cl)CC2)nc1)c1oc(N2CCCCC2)nc1C(F)(F)F. The van der Waals surface area contributed by atoms with Crippen LogP contribution in [0.4, 0.5) is 35.5 Å². The summed E-state index contributed by atoms with van der Waals surface area (Å²) in [5.41, 5.74) is -0.403. The Hall–Kier alpha value is -3.71. The topological polar surface area (TPSA) is 107 Å². The number of halogens is 5. The van der Waals surface area contributed by atoms with Crippen LogP contribution < -0.4 is 20.4 Å². The Morgan fingerprint density at radius 3 is 2.33 bits per heavy atom. The number of carbonyl (C=O) groups is 2. The maximum absolute atomic E-state index is 13.6. The number of piperazine rings is 1. The van der Waals surface area contributed by atoms with Gasteiger partial charge >= 0.3 is 12.2 Å². The van der Waals surface area contributed by atoms with Crippen LogP contribution in [-0.2, 0) is 12.7 Å². The Kier molecular flexibility index (Phi) is 8.97. The maximum Gasteiger partial charge on any atom is 0.437 e. The minimum Gasteiger partial charge on any atom is -0.417 e. The molecule has 1 aromatic carbocycles. The number of pyridine rings is 1. The molecule has 3 amide bonds. The lowest BCUT2D eigenvalue weighted by molar-refractivity contribution is -0.141. The number of alkyl halides is 3. The largest absolute Gasteiger partial charge is 0.437 e. The van der Waals surface area contributed by atoms with Crippen molar-refractivity contribution in [3.05, 3.63) is 63.6 Å². The van der Waals surface area contributed by atoms with Gasteiger partial charge in [-0.1, -0.05) is 29.3 Å². The highest BCUT2D eigenvalue weighted by atomic mass is 35.5. The smallest absolute Gasteiger partial charge is 0.417 e. The van der Waals surface area contributed by atoms with Crippen LogP contribution in [0.3, 0.4) is 0 Å². The summed E-state index contributed by atoms with van der Waals surface area (Å²) in [5.74, 6) is -1.35. The summed E-state index contributed by atoms with van der Waals surface area (Å²) < 4.78 is 46.2. The van der Waals surface area contributed by atoms with Crippen molar-refractivity contribution in [1.29, 1.82) is 0 Å². The van der Waals surface area contributed by atoms with Crippen LogP contribution in [0.5, 0.6) is 0 Å². The molecule has 0 atom stereocenters. The third-order valence-electron chi connectivity index (χ3n) is 7.06. The predicted octanol–water partition coefficient (Wildman–Crippen LogP) is 5.67. The van der Waals surface area contributed by atoms with Gasteiger partial charge in [0.2, 0.25) is 5.76 Å². The van der Waals surface area contributed by atoms with Crippen molar-refractivity contribution in [1.82, 2.24) is 20.2 Å². The van der Waals surface area contributed by atoms with E-state index in [4.69, 9.17) is 27.6 Å². The van der Waals surface area contributed by atoms with Crippen molar-refractivity contribution >= 4 is 52.7 Å². The van der Waals surface area contributed by atoms with Gasteiger partial charge < -0.3 is 29.8 Å². The third-order valence-corrected chi connectivity index (χ3v) is 7.65. The average molecular weight is 626 g/mol. The molecule has 224 valence electrons. The lowest BCUT2D eigenvalue weighted by atomic mass is 10.1. The Balaban J connectivity index is 1.15. The van der Waals surface area contributed by atoms with Crippen LogP contribution >= 0.6 is 23.2 Å². The van der Waals surface area contributed by atoms with E-state index < -0.39 is 23.5 Å². The molecule has 2 fully saturated rings. The summed E-state index contributed by atoms with van der Waals surface area (Å²) in [7, 11) is 0. The first kappa shape index (κ1) is 29.8. The number of anilines is 3. The second kappa shape index (κ2) is 12.7. The van der Waals surface area contributed by atoms with E-state index in [1.54, 1.807) is 40.1 Å². The van der Waals surface area contributed by atoms with Gasteiger partial charge in [0.15, 0.2) is 5.69 Å². The Morgan fingerprint density at radius 2 is 1.69 bits per heavy atom. The molecule has 3 aromatic rings. The molecule has 15 heteroatoms. The van der Waals surface area contributed by atoms with E-state index in [2.05, 4.69) is 20.6 Å². The normalized spacial score (nSPS) is 16.0. The molecule has 42 heavy (non-hydrogen) atoms. The van der Waals surface area contributed by atoms with Gasteiger partial charge in [0, 0.05) is 55.9 Å². The number of benzene rings is 1. The Labute approximate surface area is 249 Å². The van der Waals surface area contributed by atoms with Gasteiger partial charge in [-0.25, -0.2) is 9.78 Å². The quantitative estimate of drug-likeness (QED) is 0.363. The van der Waals surface area contributed by atoms with Crippen molar-refractivity contribution < 1.29 is 27.2 Å². The zero-order valence-electron chi connectivity index (χ0n) is 22.4. The number of nitrogens with zero attached hydrogens (tertiary/aromatic N) is 5. The molecular weight excluding hydrogens is 598 g/mol. The van der Waals surface area contributed by atoms with E-state index in [0.717, 1.165) is 24.8 Å². The van der Waals surface area contributed by atoms with Gasteiger partial charge in [-0.2, -0.15) is 18.2 Å². The van der Waals surface area contributed by atoms with Crippen molar-refractivity contribution in [3.63, 3.8) is 0 Å². The molecule has 2 saturated heterocycles. The number of amides is 3. The van der Waals surface area contributed by atoms with E-state index in [0.29, 0.717) is 55.1 Å². The summed E-state index contributed by atoms with van der Waals surface area (Å²) in [6, 6.07) is 7.85. The number of oxazole rings is 1. The van der Waals surface area contributed by atoms with Gasteiger partial charge in [-0.05, 0) is 49.1 Å². The van der Waals surface area contributed by atoms with Crippen LogP contribution in [-0.4, -0.2) is 66.1 Å². The first-order valence-electron chi connectivity index (χ1n) is 13.4. The fraction of sp³-hybridized carbons (Fsp3) is 0.407. The van der Waals surface area contributed by atoms with Gasteiger partial charge in [-0.15, -0.1) is 0 Å². The molecule has 2 N–H and O–H groups in total. The first-order chi connectivity index (χ1) is 20.1. The molecule has 0 aliphatic carbocycles. The van der Waals surface area contributed by atoms with Gasteiger partial charge in [-0.3, -0.25) is 4.79 Å². The van der Waals surface area contributed by atoms with Crippen molar-refractivity contribution in [3.8, 4) is 0 Å². The molecule has 0 bridgehead atoms. The van der Waals surface area contributed by atoms with Crippen LogP contribution in [0.25, 0.3) is 0 Å². The predicted molar refractivity (Wildman–Crippen MR) is 152 cm³/mol. The molecule has 4 heterocycles. The molecule has 0 unspecified atom stereocenters. The number of urea groups is 1. The minimum absolute atomic E-state index is 0.201. The van der Waals surface area contributed by atoms with E-state index in [1.807, 2.05) is 4.90 Å². The van der Waals surface area contributed by atoms with Crippen LogP contribution in [0, 0.1) is 0 Å². The lowest BCUT2D eigenvalue weighted by Crippen LogP contribution is -2.51. The van der Waals surface area contributed by atoms with Crippen LogP contribution in [0.1, 0.15) is 41.1 Å². The third kappa shape index (κ3) is 7.01. The highest BCUT2D eigenvalue weighted by Gasteiger charge is 2.42. The van der Waals surface area contributed by atoms with E-state index in [9.17, 15) is 22.8 Å². The molecule has 0 saturated carbocycles. The second-order valence-electron chi connectivity index (χ2n) is 9.95. The fourth-order valence-electron chi connectivity index (χ4n) is 4.80. The molecule has 10 nitrogen and oxygen atoms in total. The summed E-state index contributed by atoms with van der Waals surface area (Å²) in [4.78, 5) is 38.6. The Bertz CT molecular complexity index is 1420. The highest BCUT2D eigenvalue weighted by Crippen LogP contribution is 2.35. The first-order valence-corrected chi connectivity index (χ1v) is 14.2. The molecule has 2 aliphatic rings. The van der Waals surface area contributed by atoms with E-state index >= 15 is 0 Å².